The topological polar surface area (TPSA) is 138 Å². The van der Waals surface area contributed by atoms with Gasteiger partial charge in [-0.15, -0.1) is 0 Å². The van der Waals surface area contributed by atoms with E-state index in [-0.39, 0.29) is 21.1 Å². The van der Waals surface area contributed by atoms with E-state index in [2.05, 4.69) is 0 Å². The molecule has 13 heteroatoms. The number of halogens is 6. The van der Waals surface area contributed by atoms with Crippen molar-refractivity contribution < 1.29 is 46.3 Å². The summed E-state index contributed by atoms with van der Waals surface area (Å²) in [6.45, 7) is 0. The predicted molar refractivity (Wildman–Crippen MR) is 53.6 cm³/mol. The molecule has 0 saturated carbocycles. The third kappa shape index (κ3) is 246. The maximum atomic E-state index is 8.06. The predicted octanol–water partition coefficient (Wildman–Crippen LogP) is -2.06. The van der Waals surface area contributed by atoms with E-state index in [1.54, 1.807) is 97.6 Å². The van der Waals surface area contributed by atoms with Crippen molar-refractivity contribution in [1.29, 1.82) is 0 Å². The van der Waals surface area contributed by atoms with E-state index >= 15 is 0 Å². The van der Waals surface area contributed by atoms with Gasteiger partial charge in [0.25, 0.3) is 0 Å². The summed E-state index contributed by atoms with van der Waals surface area (Å²) in [5.74, 6) is 0. The standard InChI is InChI=1S/6BrO.W/c6*1-2;/q6*-1;. The van der Waals surface area contributed by atoms with E-state index in [0.717, 1.165) is 0 Å². The molecule has 0 fully saturated rings. The first-order chi connectivity index (χ1) is 6.00. The molecule has 90 valence electrons. The zero-order valence-electron chi connectivity index (χ0n) is 5.13. The van der Waals surface area contributed by atoms with Gasteiger partial charge >= 0.3 is 0 Å². The van der Waals surface area contributed by atoms with Crippen LogP contribution in [0, 0.1) is 0 Å². The minimum absolute atomic E-state index is 0. The van der Waals surface area contributed by atoms with Crippen molar-refractivity contribution >= 4 is 97.6 Å². The van der Waals surface area contributed by atoms with Gasteiger partial charge in [-0.1, -0.05) is 0 Å². The second-order valence-electron chi connectivity index (χ2n) is 0. The molecule has 0 atom stereocenters. The fraction of sp³-hybridized carbons (Fsp3) is 0. The first kappa shape index (κ1) is 44.1. The molecule has 0 unspecified atom stereocenters. The molecule has 0 aromatic heterocycles. The molecule has 0 aromatic carbocycles. The minimum atomic E-state index is 0. The van der Waals surface area contributed by atoms with Crippen LogP contribution in [0.3, 0.4) is 0 Å². The van der Waals surface area contributed by atoms with Crippen LogP contribution in [-0.4, -0.2) is 0 Å². The first-order valence-electron chi connectivity index (χ1n) is 0.926. The maximum absolute atomic E-state index is 8.06. The van der Waals surface area contributed by atoms with Crippen LogP contribution >= 0.6 is 97.6 Å². The molecular weight excluding hydrogens is 759 g/mol. The zero-order valence-corrected chi connectivity index (χ0v) is 17.6. The summed E-state index contributed by atoms with van der Waals surface area (Å²) in [4.78, 5) is 0. The van der Waals surface area contributed by atoms with Crippen molar-refractivity contribution in [2.24, 2.45) is 0 Å². The summed E-state index contributed by atoms with van der Waals surface area (Å²) in [5, 5.41) is 0. The first-order valence-corrected chi connectivity index (χ1v) is 4.81. The summed E-state index contributed by atoms with van der Waals surface area (Å²) in [7, 11) is 0. The Labute approximate surface area is 142 Å². The second-order valence-corrected chi connectivity index (χ2v) is 0. The molecule has 0 saturated heterocycles. The van der Waals surface area contributed by atoms with E-state index in [1.807, 2.05) is 0 Å². The fourth-order valence-electron chi connectivity index (χ4n) is 0. The summed E-state index contributed by atoms with van der Waals surface area (Å²) < 4.78 is 48.4. The van der Waals surface area contributed by atoms with Gasteiger partial charge in [0.2, 0.25) is 0 Å². The molecule has 0 spiro atoms. The van der Waals surface area contributed by atoms with Crippen LogP contribution in [0.5, 0.6) is 0 Å². The van der Waals surface area contributed by atoms with E-state index in [0.29, 0.717) is 0 Å². The van der Waals surface area contributed by atoms with Crippen molar-refractivity contribution in [1.82, 2.24) is 0 Å². The fourth-order valence-corrected chi connectivity index (χ4v) is 0. The normalized spacial score (nSPS) is 2.77. The molecule has 0 rings (SSSR count). The molecule has 0 N–H and O–H groups in total. The summed E-state index contributed by atoms with van der Waals surface area (Å²) >= 11 is 10.1. The van der Waals surface area contributed by atoms with Gasteiger partial charge in [0, 0.05) is 21.1 Å². The van der Waals surface area contributed by atoms with E-state index in [9.17, 15) is 0 Å². The Morgan fingerprint density at radius 1 is 0.308 bits per heavy atom. The Bertz CT molecular complexity index is 17.1. The Morgan fingerprint density at radius 2 is 0.308 bits per heavy atom. The molecule has 6 nitrogen and oxygen atoms in total. The van der Waals surface area contributed by atoms with Crippen molar-refractivity contribution in [3.05, 3.63) is 0 Å². The maximum Gasteiger partial charge on any atom is 0 e. The molecule has 0 aliphatic heterocycles. The van der Waals surface area contributed by atoms with Crippen molar-refractivity contribution in [2.45, 2.75) is 0 Å². The molecule has 0 aliphatic rings. The number of hydrogen-bond donors (Lipinski definition) is 0. The SMILES string of the molecule is [O-]Br.[O-]Br.[O-]Br.[O-]Br.[O-]Br.[O-]Br.[W]. The zero-order chi connectivity index (χ0) is 12.0. The van der Waals surface area contributed by atoms with E-state index < -0.39 is 0 Å². The van der Waals surface area contributed by atoms with Crippen LogP contribution < -0.4 is 25.2 Å². The van der Waals surface area contributed by atoms with Gasteiger partial charge in [-0.05, 0) is 0 Å². The smallest absolute Gasteiger partial charge is 0 e. The molecule has 0 radical (unpaired) electrons. The van der Waals surface area contributed by atoms with Crippen molar-refractivity contribution in [2.75, 3.05) is 0 Å². The van der Waals surface area contributed by atoms with Crippen LogP contribution in [0.4, 0.5) is 0 Å². The summed E-state index contributed by atoms with van der Waals surface area (Å²) in [6.07, 6.45) is 0. The van der Waals surface area contributed by atoms with Crippen LogP contribution in [0.25, 0.3) is 0 Å². The molecular formula is Br6O6W-6. The molecule has 0 aliphatic carbocycles. The summed E-state index contributed by atoms with van der Waals surface area (Å²) in [5.41, 5.74) is 0. The minimum Gasteiger partial charge on any atom is -0.791 e. The van der Waals surface area contributed by atoms with E-state index in [1.165, 1.54) is 0 Å². The Kier molecular flexibility index (Phi) is 963. The van der Waals surface area contributed by atoms with Crippen LogP contribution in [0.15, 0.2) is 0 Å². The van der Waals surface area contributed by atoms with Gasteiger partial charge in [0.05, 0.1) is 0 Å². The molecule has 0 aromatic rings. The van der Waals surface area contributed by atoms with Crippen LogP contribution in [-0.2, 0) is 21.1 Å². The number of hydrogen-bond acceptors (Lipinski definition) is 6. The van der Waals surface area contributed by atoms with Gasteiger partial charge in [0.1, 0.15) is 0 Å². The second kappa shape index (κ2) is 284. The summed E-state index contributed by atoms with van der Waals surface area (Å²) in [6, 6.07) is 0. The van der Waals surface area contributed by atoms with Gasteiger partial charge in [-0.2, -0.15) is 0 Å². The van der Waals surface area contributed by atoms with Crippen LogP contribution in [0.1, 0.15) is 0 Å². The average Bonchev–Trinajstić information content (AvgIpc) is 2.33. The molecule has 0 bridgehead atoms. The Hall–Kier alpha value is 3.33. The van der Waals surface area contributed by atoms with Gasteiger partial charge in [-0.3, -0.25) is 0 Å². The third-order valence-corrected chi connectivity index (χ3v) is 0. The Balaban J connectivity index is -0.00000000655. The van der Waals surface area contributed by atoms with Crippen molar-refractivity contribution in [3.63, 3.8) is 0 Å². The largest absolute Gasteiger partial charge is 0.791 e. The van der Waals surface area contributed by atoms with Gasteiger partial charge < -0.3 is 25.2 Å². The molecule has 0 heterocycles. The van der Waals surface area contributed by atoms with Crippen LogP contribution in [0.2, 0.25) is 0 Å². The van der Waals surface area contributed by atoms with E-state index in [4.69, 9.17) is 25.2 Å². The number of rotatable bonds is 0. The van der Waals surface area contributed by atoms with Crippen molar-refractivity contribution in [3.8, 4) is 0 Å². The third-order valence-electron chi connectivity index (χ3n) is 0. The Morgan fingerprint density at radius 3 is 0.308 bits per heavy atom. The monoisotopic (exact) mass is 753 g/mol. The van der Waals surface area contributed by atoms with Gasteiger partial charge in [0.15, 0.2) is 0 Å². The average molecular weight is 759 g/mol. The quantitative estimate of drug-likeness (QED) is 0.279. The van der Waals surface area contributed by atoms with Gasteiger partial charge in [-0.25, -0.2) is 97.6 Å². The molecule has 13 heavy (non-hydrogen) atoms. The molecule has 0 amide bonds.